The van der Waals surface area contributed by atoms with E-state index >= 15 is 0 Å². The number of guanidine groups is 1. The first kappa shape index (κ1) is 21.2. The summed E-state index contributed by atoms with van der Waals surface area (Å²) < 4.78 is 5.67. The van der Waals surface area contributed by atoms with E-state index in [0.717, 1.165) is 38.5 Å². The van der Waals surface area contributed by atoms with Crippen molar-refractivity contribution in [2.75, 3.05) is 26.2 Å². The van der Waals surface area contributed by atoms with Crippen LogP contribution >= 0.6 is 24.0 Å². The smallest absolute Gasteiger partial charge is 0.194 e. The van der Waals surface area contributed by atoms with Crippen LogP contribution in [-0.4, -0.2) is 48.3 Å². The van der Waals surface area contributed by atoms with Crippen molar-refractivity contribution >= 4 is 29.9 Å². The van der Waals surface area contributed by atoms with Gasteiger partial charge in [-0.1, -0.05) is 31.2 Å². The summed E-state index contributed by atoms with van der Waals surface area (Å²) in [5, 5.41) is 13.0. The summed E-state index contributed by atoms with van der Waals surface area (Å²) in [6, 6.07) is 8.30. The van der Waals surface area contributed by atoms with Gasteiger partial charge in [0, 0.05) is 26.2 Å². The fourth-order valence-electron chi connectivity index (χ4n) is 2.70. The molecule has 0 bridgehead atoms. The van der Waals surface area contributed by atoms with E-state index in [1.165, 1.54) is 11.1 Å². The Labute approximate surface area is 162 Å². The van der Waals surface area contributed by atoms with Crippen molar-refractivity contribution < 1.29 is 9.84 Å². The summed E-state index contributed by atoms with van der Waals surface area (Å²) in [6.45, 7) is 8.57. The molecule has 0 aliphatic carbocycles. The minimum absolute atomic E-state index is 0. The average Bonchev–Trinajstić information content (AvgIpc) is 2.99. The van der Waals surface area contributed by atoms with Crippen molar-refractivity contribution in [3.63, 3.8) is 0 Å². The number of benzene rings is 1. The Bertz CT molecular complexity index is 511. The highest BCUT2D eigenvalue weighted by Gasteiger charge is 2.22. The zero-order chi connectivity index (χ0) is 16.5. The number of hydrogen-bond donors (Lipinski definition) is 2. The van der Waals surface area contributed by atoms with Gasteiger partial charge in [0.25, 0.3) is 0 Å². The lowest BCUT2D eigenvalue weighted by molar-refractivity contribution is 0.121. The van der Waals surface area contributed by atoms with Gasteiger partial charge in [0.2, 0.25) is 0 Å². The molecule has 24 heavy (non-hydrogen) atoms. The molecule has 1 atom stereocenters. The first-order valence-electron chi connectivity index (χ1n) is 8.60. The Morgan fingerprint density at radius 3 is 2.71 bits per heavy atom. The third-order valence-corrected chi connectivity index (χ3v) is 3.92. The number of nitrogens with zero attached hydrogens (tertiary/aromatic N) is 2. The van der Waals surface area contributed by atoms with E-state index in [9.17, 15) is 5.11 Å². The highest BCUT2D eigenvalue weighted by molar-refractivity contribution is 14.0. The van der Waals surface area contributed by atoms with E-state index in [2.05, 4.69) is 36.2 Å². The first-order valence-corrected chi connectivity index (χ1v) is 8.60. The molecule has 5 nitrogen and oxygen atoms in total. The van der Waals surface area contributed by atoms with Crippen LogP contribution in [0.3, 0.4) is 0 Å². The van der Waals surface area contributed by atoms with Gasteiger partial charge in [0.05, 0.1) is 19.3 Å². The summed E-state index contributed by atoms with van der Waals surface area (Å²) in [5.41, 5.74) is 2.39. The van der Waals surface area contributed by atoms with Crippen LogP contribution in [-0.2, 0) is 17.9 Å². The van der Waals surface area contributed by atoms with Crippen LogP contribution < -0.4 is 5.32 Å². The van der Waals surface area contributed by atoms with Gasteiger partial charge < -0.3 is 20.1 Å². The zero-order valence-electron chi connectivity index (χ0n) is 14.7. The molecule has 0 saturated carbocycles. The van der Waals surface area contributed by atoms with Crippen LogP contribution in [0.1, 0.15) is 37.8 Å². The predicted octanol–water partition coefficient (Wildman–Crippen LogP) is 2.76. The number of aliphatic hydroxyl groups is 1. The van der Waals surface area contributed by atoms with Crippen LogP contribution in [0.2, 0.25) is 0 Å². The summed E-state index contributed by atoms with van der Waals surface area (Å²) in [4.78, 5) is 6.88. The number of aliphatic imine (C=N–C) groups is 1. The van der Waals surface area contributed by atoms with Crippen LogP contribution in [0.25, 0.3) is 0 Å². The molecule has 2 rings (SSSR count). The Hall–Kier alpha value is -0.860. The number of rotatable bonds is 7. The van der Waals surface area contributed by atoms with Crippen molar-refractivity contribution in [2.45, 2.75) is 45.9 Å². The molecule has 2 N–H and O–H groups in total. The number of halogens is 1. The molecule has 0 radical (unpaired) electrons. The second-order valence-electron chi connectivity index (χ2n) is 5.88. The standard InChI is InChI=1S/C18H29N3O2.HI/c1-3-11-23-14-16-8-6-5-7-15(16)12-20-18(19-4-2)21-10-9-17(22)13-21;/h5-8,17,22H,3-4,9-14H2,1-2H3,(H,19,20);1H/t17-;/m1./s1. The maximum Gasteiger partial charge on any atom is 0.194 e. The second kappa shape index (κ2) is 11.7. The van der Waals surface area contributed by atoms with Gasteiger partial charge in [-0.3, -0.25) is 0 Å². The van der Waals surface area contributed by atoms with Crippen molar-refractivity contribution in [3.8, 4) is 0 Å². The van der Waals surface area contributed by atoms with Crippen molar-refractivity contribution in [2.24, 2.45) is 4.99 Å². The second-order valence-corrected chi connectivity index (χ2v) is 5.88. The molecule has 0 amide bonds. The number of hydrogen-bond acceptors (Lipinski definition) is 3. The molecule has 1 aliphatic rings. The molecular weight excluding hydrogens is 417 g/mol. The molecular formula is C18H30IN3O2. The fourth-order valence-corrected chi connectivity index (χ4v) is 2.70. The highest BCUT2D eigenvalue weighted by atomic mass is 127. The maximum atomic E-state index is 9.73. The molecule has 1 aliphatic heterocycles. The molecule has 0 spiro atoms. The molecule has 0 aromatic heterocycles. The highest BCUT2D eigenvalue weighted by Crippen LogP contribution is 2.13. The lowest BCUT2D eigenvalue weighted by Gasteiger charge is -2.21. The van der Waals surface area contributed by atoms with Gasteiger partial charge in [-0.25, -0.2) is 4.99 Å². The van der Waals surface area contributed by atoms with E-state index in [4.69, 9.17) is 9.73 Å². The number of nitrogens with one attached hydrogen (secondary N) is 1. The number of aliphatic hydroxyl groups excluding tert-OH is 1. The third-order valence-electron chi connectivity index (χ3n) is 3.92. The van der Waals surface area contributed by atoms with Crippen LogP contribution in [0.15, 0.2) is 29.3 Å². The van der Waals surface area contributed by atoms with E-state index in [1.807, 2.05) is 12.1 Å². The zero-order valence-corrected chi connectivity index (χ0v) is 17.0. The monoisotopic (exact) mass is 447 g/mol. The normalized spacial score (nSPS) is 17.7. The summed E-state index contributed by atoms with van der Waals surface area (Å²) in [6.07, 6.45) is 1.60. The van der Waals surface area contributed by atoms with E-state index in [0.29, 0.717) is 19.7 Å². The number of likely N-dealkylation sites (tertiary alicyclic amines) is 1. The Kier molecular flexibility index (Phi) is 10.3. The maximum absolute atomic E-state index is 9.73. The molecule has 1 fully saturated rings. The summed E-state index contributed by atoms with van der Waals surface area (Å²) >= 11 is 0. The van der Waals surface area contributed by atoms with Gasteiger partial charge >= 0.3 is 0 Å². The van der Waals surface area contributed by atoms with Crippen LogP contribution in [0.5, 0.6) is 0 Å². The lowest BCUT2D eigenvalue weighted by Crippen LogP contribution is -2.40. The molecule has 6 heteroatoms. The molecule has 0 unspecified atom stereocenters. The van der Waals surface area contributed by atoms with E-state index in [-0.39, 0.29) is 30.1 Å². The molecule has 1 saturated heterocycles. The Morgan fingerprint density at radius 2 is 2.08 bits per heavy atom. The van der Waals surface area contributed by atoms with E-state index < -0.39 is 0 Å². The minimum atomic E-state index is -0.242. The van der Waals surface area contributed by atoms with Gasteiger partial charge in [0.1, 0.15) is 0 Å². The molecule has 1 aromatic carbocycles. The molecule has 1 heterocycles. The third kappa shape index (κ3) is 6.57. The molecule has 136 valence electrons. The lowest BCUT2D eigenvalue weighted by atomic mass is 10.1. The van der Waals surface area contributed by atoms with Crippen LogP contribution in [0, 0.1) is 0 Å². The molecule has 1 aromatic rings. The average molecular weight is 447 g/mol. The largest absolute Gasteiger partial charge is 0.391 e. The number of β-amino-alcohol motifs (C(OH)–C–C–N with tert-alkyl or cyclic N) is 1. The fraction of sp³-hybridized carbons (Fsp3) is 0.611. The summed E-state index contributed by atoms with van der Waals surface area (Å²) in [5.74, 6) is 0.883. The van der Waals surface area contributed by atoms with Gasteiger partial charge in [-0.15, -0.1) is 24.0 Å². The number of ether oxygens (including phenoxy) is 1. The van der Waals surface area contributed by atoms with Gasteiger partial charge in [-0.05, 0) is 30.9 Å². The topological polar surface area (TPSA) is 57.1 Å². The van der Waals surface area contributed by atoms with Crippen molar-refractivity contribution in [1.82, 2.24) is 10.2 Å². The first-order chi connectivity index (χ1) is 11.2. The Morgan fingerprint density at radius 1 is 1.33 bits per heavy atom. The van der Waals surface area contributed by atoms with Crippen molar-refractivity contribution in [3.05, 3.63) is 35.4 Å². The van der Waals surface area contributed by atoms with E-state index in [1.54, 1.807) is 0 Å². The SMILES string of the molecule is CCCOCc1ccccc1CN=C(NCC)N1CC[C@@H](O)C1.I. The summed E-state index contributed by atoms with van der Waals surface area (Å²) in [7, 11) is 0. The predicted molar refractivity (Wildman–Crippen MR) is 109 cm³/mol. The van der Waals surface area contributed by atoms with Crippen molar-refractivity contribution in [1.29, 1.82) is 0 Å². The quantitative estimate of drug-likeness (QED) is 0.292. The Balaban J connectivity index is 0.00000288. The van der Waals surface area contributed by atoms with Gasteiger partial charge in [0.15, 0.2) is 5.96 Å². The minimum Gasteiger partial charge on any atom is -0.391 e. The van der Waals surface area contributed by atoms with Crippen LogP contribution in [0.4, 0.5) is 0 Å². The van der Waals surface area contributed by atoms with Gasteiger partial charge in [-0.2, -0.15) is 0 Å².